The van der Waals surface area contributed by atoms with Gasteiger partial charge in [-0.15, -0.1) is 0 Å². The molecule has 0 fully saturated rings. The van der Waals surface area contributed by atoms with Crippen molar-refractivity contribution in [2.24, 2.45) is 0 Å². The zero-order chi connectivity index (χ0) is 24.4. The highest BCUT2D eigenvalue weighted by Gasteiger charge is 2.52. The van der Waals surface area contributed by atoms with Crippen LogP contribution in [0.15, 0.2) is 95.1 Å². The molecule has 34 heavy (non-hydrogen) atoms. The van der Waals surface area contributed by atoms with E-state index in [4.69, 9.17) is 9.16 Å². The molecular weight excluding hydrogens is 551 g/mol. The summed E-state index contributed by atoms with van der Waals surface area (Å²) in [4.78, 5) is 12.6. The molecule has 1 aliphatic heterocycles. The molecule has 3 rings (SSSR count). The van der Waals surface area contributed by atoms with Crippen molar-refractivity contribution in [2.75, 3.05) is 0 Å². The molecule has 0 aliphatic carbocycles. The highest BCUT2D eigenvalue weighted by atomic mass is 127. The molecule has 1 aliphatic rings. The lowest BCUT2D eigenvalue weighted by Gasteiger charge is -2.46. The van der Waals surface area contributed by atoms with Crippen molar-refractivity contribution in [1.29, 1.82) is 0 Å². The van der Waals surface area contributed by atoms with Crippen LogP contribution in [0.5, 0.6) is 0 Å². The molecule has 0 radical (unpaired) electrons. The summed E-state index contributed by atoms with van der Waals surface area (Å²) < 4.78 is 15.3. The molecule has 180 valence electrons. The van der Waals surface area contributed by atoms with Gasteiger partial charge in [0.15, 0.2) is 0 Å². The summed E-state index contributed by atoms with van der Waals surface area (Å²) in [6, 6.07) is 21.2. The number of carbonyl (C=O) groups excluding carboxylic acids is 1. The third kappa shape index (κ3) is 6.58. The molecule has 0 amide bonds. The van der Waals surface area contributed by atoms with Crippen LogP contribution in [0.4, 0.5) is 0 Å². The van der Waals surface area contributed by atoms with Gasteiger partial charge in [0, 0.05) is 6.42 Å². The zero-order valence-corrected chi connectivity index (χ0v) is 23.5. The van der Waals surface area contributed by atoms with Gasteiger partial charge in [-0.1, -0.05) is 128 Å². The maximum Gasteiger partial charge on any atom is 0.306 e. The Morgan fingerprint density at radius 3 is 2.15 bits per heavy atom. The predicted octanol–water partition coefficient (Wildman–Crippen LogP) is 6.48. The Kier molecular flexibility index (Phi) is 9.92. The van der Waals surface area contributed by atoms with E-state index in [1.807, 2.05) is 34.4 Å². The normalized spacial score (nSPS) is 21.5. The van der Waals surface area contributed by atoms with Crippen molar-refractivity contribution >= 4 is 47.3 Å². The van der Waals surface area contributed by atoms with E-state index in [9.17, 15) is 4.79 Å². The Balaban J connectivity index is 2.17. The number of rotatable bonds is 6. The highest BCUT2D eigenvalue weighted by Crippen LogP contribution is 2.38. The van der Waals surface area contributed by atoms with Crippen molar-refractivity contribution < 1.29 is 14.0 Å². The van der Waals surface area contributed by atoms with Crippen LogP contribution >= 0.6 is 22.6 Å². The third-order valence-corrected chi connectivity index (χ3v) is 11.6. The molecule has 5 heteroatoms. The molecule has 0 unspecified atom stereocenters. The van der Waals surface area contributed by atoms with E-state index in [-0.39, 0.29) is 17.1 Å². The summed E-state index contributed by atoms with van der Waals surface area (Å²) in [5, 5.41) is 2.28. The number of esters is 1. The lowest BCUT2D eigenvalue weighted by Crippen LogP contribution is -2.68. The fraction of sp³-hybridized carbons (Fsp3) is 0.345. The van der Waals surface area contributed by atoms with Gasteiger partial charge >= 0.3 is 5.97 Å². The summed E-state index contributed by atoms with van der Waals surface area (Å²) >= 11 is 2.19. The van der Waals surface area contributed by atoms with Crippen LogP contribution in [0.2, 0.25) is 5.04 Å². The van der Waals surface area contributed by atoms with Gasteiger partial charge in [0.25, 0.3) is 8.32 Å². The van der Waals surface area contributed by atoms with Gasteiger partial charge in [0.1, 0.15) is 6.10 Å². The van der Waals surface area contributed by atoms with Crippen LogP contribution < -0.4 is 10.4 Å². The van der Waals surface area contributed by atoms with Gasteiger partial charge in [-0.05, 0) is 44.8 Å². The number of carbonyl (C=O) groups is 1. The molecule has 2 atom stereocenters. The van der Waals surface area contributed by atoms with Crippen molar-refractivity contribution in [3.63, 3.8) is 0 Å². The standard InChI is InChI=1S/C29H35IO3Si/c1-29(2,3)34(24-16-8-6-9-17-24,25-18-10-7-11-19-25)33-27-21-12-4-5-13-22-28(31)32-26(27)20-14-15-23-30/h4,6-12,14-20,23,26-27H,5,13,21-22H2,1-3H3/b12-4-,20-14+,23-15-/t26-,27+/m1/s1. The second-order valence-electron chi connectivity index (χ2n) is 9.58. The second-order valence-corrected chi connectivity index (χ2v) is 14.5. The molecule has 0 saturated carbocycles. The molecule has 0 saturated heterocycles. The van der Waals surface area contributed by atoms with Crippen molar-refractivity contribution in [3.05, 3.63) is 95.1 Å². The summed E-state index contributed by atoms with van der Waals surface area (Å²) in [5.41, 5.74) is 0. The molecule has 3 nitrogen and oxygen atoms in total. The molecule has 2 aromatic rings. The van der Waals surface area contributed by atoms with E-state index < -0.39 is 14.4 Å². The van der Waals surface area contributed by atoms with Gasteiger partial charge in [-0.2, -0.15) is 0 Å². The van der Waals surface area contributed by atoms with E-state index in [0.29, 0.717) is 12.8 Å². The number of hydrogen-bond acceptors (Lipinski definition) is 3. The number of halogens is 1. The Morgan fingerprint density at radius 2 is 1.59 bits per heavy atom. The first-order valence-corrected chi connectivity index (χ1v) is 15.1. The van der Waals surface area contributed by atoms with Gasteiger partial charge in [-0.3, -0.25) is 4.79 Å². The first-order valence-electron chi connectivity index (χ1n) is 12.0. The summed E-state index contributed by atoms with van der Waals surface area (Å²) in [6.45, 7) is 6.81. The second kappa shape index (κ2) is 12.7. The lowest BCUT2D eigenvalue weighted by atomic mass is 10.1. The third-order valence-electron chi connectivity index (χ3n) is 6.15. The zero-order valence-electron chi connectivity index (χ0n) is 20.3. The van der Waals surface area contributed by atoms with Crippen LogP contribution in [0.25, 0.3) is 0 Å². The topological polar surface area (TPSA) is 35.5 Å². The smallest absolute Gasteiger partial charge is 0.306 e. The summed E-state index contributed by atoms with van der Waals surface area (Å²) in [6.07, 6.45) is 12.2. The first-order chi connectivity index (χ1) is 16.4. The van der Waals surface area contributed by atoms with Gasteiger partial charge in [0.05, 0.1) is 6.10 Å². The molecule has 0 N–H and O–H groups in total. The average Bonchev–Trinajstić information content (AvgIpc) is 2.83. The minimum atomic E-state index is -2.79. The van der Waals surface area contributed by atoms with E-state index in [0.717, 1.165) is 12.8 Å². The van der Waals surface area contributed by atoms with Gasteiger partial charge < -0.3 is 9.16 Å². The SMILES string of the molecule is CC(C)(C)[Si](O[C@H]1C/C=C\CCCC(=O)O[C@@H]1/C=C/C=C\I)(c1ccccc1)c1ccccc1. The van der Waals surface area contributed by atoms with Crippen molar-refractivity contribution in [2.45, 2.75) is 63.7 Å². The molecule has 0 aromatic heterocycles. The van der Waals surface area contributed by atoms with Crippen LogP contribution in [0.1, 0.15) is 46.5 Å². The first kappa shape index (κ1) is 26.6. The van der Waals surface area contributed by atoms with E-state index in [2.05, 4.69) is 104 Å². The van der Waals surface area contributed by atoms with Crippen LogP contribution in [-0.4, -0.2) is 26.5 Å². The quantitative estimate of drug-likeness (QED) is 0.128. The van der Waals surface area contributed by atoms with Crippen molar-refractivity contribution in [3.8, 4) is 0 Å². The van der Waals surface area contributed by atoms with Gasteiger partial charge in [0.2, 0.25) is 0 Å². The van der Waals surface area contributed by atoms with E-state index in [1.165, 1.54) is 10.4 Å². The Labute approximate surface area is 219 Å². The highest BCUT2D eigenvalue weighted by molar-refractivity contribution is 14.1. The Morgan fingerprint density at radius 1 is 0.971 bits per heavy atom. The van der Waals surface area contributed by atoms with Gasteiger partial charge in [-0.25, -0.2) is 0 Å². The Hall–Kier alpha value is -1.96. The molecule has 2 aromatic carbocycles. The largest absolute Gasteiger partial charge is 0.455 e. The monoisotopic (exact) mass is 586 g/mol. The maximum atomic E-state index is 12.6. The van der Waals surface area contributed by atoms with E-state index in [1.54, 1.807) is 0 Å². The fourth-order valence-corrected chi connectivity index (χ4v) is 9.48. The number of benzene rings is 2. The Bertz CT molecular complexity index is 954. The van der Waals surface area contributed by atoms with Crippen LogP contribution in [0, 0.1) is 0 Å². The number of cyclic esters (lactones) is 1. The predicted molar refractivity (Wildman–Crippen MR) is 152 cm³/mol. The maximum absolute atomic E-state index is 12.6. The van der Waals surface area contributed by atoms with Crippen LogP contribution in [-0.2, 0) is 14.0 Å². The minimum absolute atomic E-state index is 0.158. The van der Waals surface area contributed by atoms with Crippen LogP contribution in [0.3, 0.4) is 0 Å². The number of hydrogen-bond donors (Lipinski definition) is 0. The van der Waals surface area contributed by atoms with Crippen molar-refractivity contribution in [1.82, 2.24) is 0 Å². The van der Waals surface area contributed by atoms with E-state index >= 15 is 0 Å². The summed E-state index contributed by atoms with van der Waals surface area (Å²) in [5.74, 6) is -0.167. The number of ether oxygens (including phenoxy) is 1. The summed E-state index contributed by atoms with van der Waals surface area (Å²) in [7, 11) is -2.79. The minimum Gasteiger partial charge on any atom is -0.455 e. The fourth-order valence-electron chi connectivity index (χ4n) is 4.55. The molecular formula is C29H35IO3Si. The average molecular weight is 587 g/mol. The molecule has 1 heterocycles. The molecule has 0 spiro atoms. The lowest BCUT2D eigenvalue weighted by molar-refractivity contribution is -0.151. The molecule has 0 bridgehead atoms. The number of allylic oxidation sites excluding steroid dienone is 3.